The van der Waals surface area contributed by atoms with Crippen LogP contribution in [0.25, 0.3) is 10.2 Å². The molecule has 0 aromatic carbocycles. The molecule has 68 valence electrons. The average molecular weight is 194 g/mol. The highest BCUT2D eigenvalue weighted by Crippen LogP contribution is 2.35. The first-order valence-corrected chi connectivity index (χ1v) is 4.84. The second kappa shape index (κ2) is 2.67. The Labute approximate surface area is 80.1 Å². The molecule has 0 saturated heterocycles. The fraction of sp³-hybridized carbons (Fsp3) is 0.333. The number of nitrogens with zero attached hydrogens (tertiary/aromatic N) is 2. The largest absolute Gasteiger partial charge is 0.499 e. The number of aromatic nitrogens is 2. The second-order valence-electron chi connectivity index (χ2n) is 3.07. The molecule has 0 aliphatic heterocycles. The predicted molar refractivity (Wildman–Crippen MR) is 53.3 cm³/mol. The molecule has 0 atom stereocenters. The molecule has 0 saturated carbocycles. The summed E-state index contributed by atoms with van der Waals surface area (Å²) in [5, 5.41) is 9.85. The van der Waals surface area contributed by atoms with Crippen molar-refractivity contribution in [2.24, 2.45) is 0 Å². The van der Waals surface area contributed by atoms with Gasteiger partial charge in [-0.2, -0.15) is 0 Å². The fourth-order valence-electron chi connectivity index (χ4n) is 1.35. The van der Waals surface area contributed by atoms with Crippen LogP contribution >= 0.6 is 11.3 Å². The number of hydrogen-bond acceptors (Lipinski definition) is 4. The van der Waals surface area contributed by atoms with E-state index in [-0.39, 0.29) is 0 Å². The third-order valence-corrected chi connectivity index (χ3v) is 3.21. The highest BCUT2D eigenvalue weighted by Gasteiger charge is 2.11. The van der Waals surface area contributed by atoms with Crippen LogP contribution in [-0.4, -0.2) is 15.1 Å². The van der Waals surface area contributed by atoms with Crippen LogP contribution in [0.1, 0.15) is 17.1 Å². The maximum atomic E-state index is 9.51. The molecule has 0 aliphatic carbocycles. The first kappa shape index (κ1) is 8.44. The van der Waals surface area contributed by atoms with Gasteiger partial charge in [-0.25, -0.2) is 9.97 Å². The molecule has 2 rings (SSSR count). The highest BCUT2D eigenvalue weighted by molar-refractivity contribution is 7.21. The zero-order chi connectivity index (χ0) is 9.59. The predicted octanol–water partition coefficient (Wildman–Crippen LogP) is 2.32. The SMILES string of the molecule is Cc1nc(C)c2sc(O)c(C)c2n1. The molecule has 0 aliphatic rings. The van der Waals surface area contributed by atoms with E-state index in [2.05, 4.69) is 9.97 Å². The summed E-state index contributed by atoms with van der Waals surface area (Å²) in [6, 6.07) is 0. The Morgan fingerprint density at radius 1 is 1.15 bits per heavy atom. The van der Waals surface area contributed by atoms with Gasteiger partial charge in [0, 0.05) is 5.56 Å². The average Bonchev–Trinajstić information content (AvgIpc) is 2.32. The van der Waals surface area contributed by atoms with E-state index in [0.717, 1.165) is 27.3 Å². The van der Waals surface area contributed by atoms with Crippen molar-refractivity contribution in [3.8, 4) is 5.06 Å². The van der Waals surface area contributed by atoms with Gasteiger partial charge in [0.1, 0.15) is 5.82 Å². The molecular formula is C9H10N2OS. The van der Waals surface area contributed by atoms with Gasteiger partial charge in [0.05, 0.1) is 15.9 Å². The van der Waals surface area contributed by atoms with Gasteiger partial charge in [-0.05, 0) is 20.8 Å². The van der Waals surface area contributed by atoms with E-state index in [0.29, 0.717) is 5.06 Å². The molecule has 13 heavy (non-hydrogen) atoms. The quantitative estimate of drug-likeness (QED) is 0.700. The van der Waals surface area contributed by atoms with Crippen LogP contribution in [0.4, 0.5) is 0 Å². The Balaban J connectivity index is 2.94. The maximum absolute atomic E-state index is 9.51. The monoisotopic (exact) mass is 194 g/mol. The Morgan fingerprint density at radius 3 is 2.54 bits per heavy atom. The number of fused-ring (bicyclic) bond motifs is 1. The lowest BCUT2D eigenvalue weighted by atomic mass is 10.3. The Bertz CT molecular complexity index is 476. The van der Waals surface area contributed by atoms with Crippen molar-refractivity contribution >= 4 is 21.6 Å². The molecule has 4 heteroatoms. The maximum Gasteiger partial charge on any atom is 0.176 e. The molecule has 0 radical (unpaired) electrons. The van der Waals surface area contributed by atoms with Crippen molar-refractivity contribution in [1.82, 2.24) is 9.97 Å². The Kier molecular flexibility index (Phi) is 1.73. The molecule has 2 heterocycles. The lowest BCUT2D eigenvalue weighted by Gasteiger charge is -1.96. The summed E-state index contributed by atoms with van der Waals surface area (Å²) in [4.78, 5) is 8.54. The summed E-state index contributed by atoms with van der Waals surface area (Å²) in [6.07, 6.45) is 0. The second-order valence-corrected chi connectivity index (χ2v) is 4.07. The van der Waals surface area contributed by atoms with Gasteiger partial charge in [-0.1, -0.05) is 11.3 Å². The standard InChI is InChI=1S/C9H10N2OS/c1-4-7-8(13-9(4)12)5(2)10-6(3)11-7/h12H,1-3H3. The smallest absolute Gasteiger partial charge is 0.176 e. The minimum absolute atomic E-state index is 0.345. The molecule has 2 aromatic rings. The van der Waals surface area contributed by atoms with Gasteiger partial charge in [-0.15, -0.1) is 0 Å². The molecule has 0 bridgehead atoms. The van der Waals surface area contributed by atoms with Crippen LogP contribution in [-0.2, 0) is 0 Å². The first-order valence-electron chi connectivity index (χ1n) is 4.03. The van der Waals surface area contributed by atoms with E-state index in [9.17, 15) is 5.11 Å². The van der Waals surface area contributed by atoms with Gasteiger partial charge in [0.15, 0.2) is 5.06 Å². The Morgan fingerprint density at radius 2 is 1.85 bits per heavy atom. The molecule has 0 fully saturated rings. The normalized spacial score (nSPS) is 11.0. The topological polar surface area (TPSA) is 46.0 Å². The van der Waals surface area contributed by atoms with Crippen molar-refractivity contribution in [2.45, 2.75) is 20.8 Å². The van der Waals surface area contributed by atoms with Crippen molar-refractivity contribution in [2.75, 3.05) is 0 Å². The van der Waals surface area contributed by atoms with E-state index in [1.807, 2.05) is 20.8 Å². The van der Waals surface area contributed by atoms with E-state index >= 15 is 0 Å². The van der Waals surface area contributed by atoms with Crippen molar-refractivity contribution < 1.29 is 5.11 Å². The van der Waals surface area contributed by atoms with Crippen LogP contribution in [0.5, 0.6) is 5.06 Å². The zero-order valence-electron chi connectivity index (χ0n) is 7.75. The van der Waals surface area contributed by atoms with Gasteiger partial charge in [0.2, 0.25) is 0 Å². The molecule has 0 spiro atoms. The highest BCUT2D eigenvalue weighted by atomic mass is 32.1. The van der Waals surface area contributed by atoms with Crippen LogP contribution < -0.4 is 0 Å². The van der Waals surface area contributed by atoms with Crippen molar-refractivity contribution in [1.29, 1.82) is 0 Å². The van der Waals surface area contributed by atoms with Gasteiger partial charge >= 0.3 is 0 Å². The minimum atomic E-state index is 0.345. The lowest BCUT2D eigenvalue weighted by molar-refractivity contribution is 0.487. The number of thiophene rings is 1. The third-order valence-electron chi connectivity index (χ3n) is 2.02. The molecule has 2 aromatic heterocycles. The van der Waals surface area contributed by atoms with E-state index in [4.69, 9.17) is 0 Å². The molecule has 3 nitrogen and oxygen atoms in total. The summed E-state index contributed by atoms with van der Waals surface area (Å²) in [5.74, 6) is 0.755. The lowest BCUT2D eigenvalue weighted by Crippen LogP contribution is -1.90. The van der Waals surface area contributed by atoms with Crippen LogP contribution in [0.2, 0.25) is 0 Å². The number of aromatic hydroxyl groups is 1. The number of aryl methyl sites for hydroxylation is 3. The summed E-state index contributed by atoms with van der Waals surface area (Å²) < 4.78 is 0.987. The summed E-state index contributed by atoms with van der Waals surface area (Å²) in [6.45, 7) is 5.67. The Hall–Kier alpha value is -1.16. The van der Waals surface area contributed by atoms with Gasteiger partial charge in [0.25, 0.3) is 0 Å². The molecule has 0 unspecified atom stereocenters. The van der Waals surface area contributed by atoms with Crippen molar-refractivity contribution in [3.63, 3.8) is 0 Å². The van der Waals surface area contributed by atoms with Crippen LogP contribution in [0, 0.1) is 20.8 Å². The third kappa shape index (κ3) is 1.18. The van der Waals surface area contributed by atoms with Gasteiger partial charge < -0.3 is 5.11 Å². The van der Waals surface area contributed by atoms with Crippen LogP contribution in [0.15, 0.2) is 0 Å². The first-order chi connectivity index (χ1) is 6.09. The summed E-state index contributed by atoms with van der Waals surface area (Å²) >= 11 is 1.34. The van der Waals surface area contributed by atoms with Gasteiger partial charge in [-0.3, -0.25) is 0 Å². The minimum Gasteiger partial charge on any atom is -0.499 e. The van der Waals surface area contributed by atoms with E-state index in [1.165, 1.54) is 11.3 Å². The van der Waals surface area contributed by atoms with E-state index in [1.54, 1.807) is 0 Å². The zero-order valence-corrected chi connectivity index (χ0v) is 8.57. The number of rotatable bonds is 0. The molecular weight excluding hydrogens is 184 g/mol. The van der Waals surface area contributed by atoms with Crippen molar-refractivity contribution in [3.05, 3.63) is 17.1 Å². The van der Waals surface area contributed by atoms with Crippen LogP contribution in [0.3, 0.4) is 0 Å². The molecule has 0 amide bonds. The summed E-state index contributed by atoms with van der Waals surface area (Å²) in [7, 11) is 0. The van der Waals surface area contributed by atoms with E-state index < -0.39 is 0 Å². The molecule has 1 N–H and O–H groups in total. The fourth-order valence-corrected chi connectivity index (χ4v) is 2.29. The number of hydrogen-bond donors (Lipinski definition) is 1. The summed E-state index contributed by atoms with van der Waals surface area (Å²) in [5.41, 5.74) is 2.68.